The summed E-state index contributed by atoms with van der Waals surface area (Å²) in [4.78, 5) is 47.5. The van der Waals surface area contributed by atoms with Crippen molar-refractivity contribution in [1.82, 2.24) is 24.8 Å². The van der Waals surface area contributed by atoms with Gasteiger partial charge >= 0.3 is 0 Å². The lowest BCUT2D eigenvalue weighted by molar-refractivity contribution is -0.136. The summed E-state index contributed by atoms with van der Waals surface area (Å²) in [7, 11) is 0. The largest absolute Gasteiger partial charge is 0.369 e. The van der Waals surface area contributed by atoms with E-state index in [9.17, 15) is 14.4 Å². The van der Waals surface area contributed by atoms with Crippen LogP contribution in [0.1, 0.15) is 63.7 Å². The van der Waals surface area contributed by atoms with Crippen molar-refractivity contribution in [3.63, 3.8) is 0 Å². The van der Waals surface area contributed by atoms with Gasteiger partial charge in [0.25, 0.3) is 0 Å². The number of nitrogens with two attached hydrogens (primary N) is 1. The van der Waals surface area contributed by atoms with Crippen LogP contribution in [0.25, 0.3) is 0 Å². The summed E-state index contributed by atoms with van der Waals surface area (Å²) in [5.41, 5.74) is 5.46. The minimum atomic E-state index is -0.280. The average Bonchev–Trinajstić information content (AvgIpc) is 3.37. The van der Waals surface area contributed by atoms with Crippen molar-refractivity contribution >= 4 is 17.7 Å². The molecule has 4 rings (SSSR count). The van der Waals surface area contributed by atoms with Crippen LogP contribution in [0.15, 0.2) is 4.52 Å². The van der Waals surface area contributed by atoms with Crippen LogP contribution in [0.5, 0.6) is 0 Å². The number of primary amides is 1. The van der Waals surface area contributed by atoms with E-state index in [4.69, 9.17) is 10.3 Å². The van der Waals surface area contributed by atoms with Crippen molar-refractivity contribution in [2.24, 2.45) is 23.0 Å². The highest BCUT2D eigenvalue weighted by Gasteiger charge is 2.49. The van der Waals surface area contributed by atoms with Crippen LogP contribution in [0, 0.1) is 24.2 Å². The van der Waals surface area contributed by atoms with Gasteiger partial charge in [0, 0.05) is 44.6 Å². The van der Waals surface area contributed by atoms with Crippen LogP contribution in [-0.4, -0.2) is 81.8 Å². The molecule has 1 atom stereocenters. The lowest BCUT2D eigenvalue weighted by Crippen LogP contribution is -2.47. The molecule has 10 heteroatoms. The first-order chi connectivity index (χ1) is 15.7. The summed E-state index contributed by atoms with van der Waals surface area (Å²) in [5.74, 6) is 0.995. The van der Waals surface area contributed by atoms with E-state index in [2.05, 4.69) is 15.0 Å². The Balaban J connectivity index is 1.44. The zero-order valence-electron chi connectivity index (χ0n) is 20.0. The van der Waals surface area contributed by atoms with Crippen LogP contribution < -0.4 is 5.73 Å². The Kier molecular flexibility index (Phi) is 6.74. The van der Waals surface area contributed by atoms with E-state index in [1.54, 1.807) is 6.92 Å². The Morgan fingerprint density at radius 1 is 1.12 bits per heavy atom. The number of amides is 3. The highest BCUT2D eigenvalue weighted by molar-refractivity contribution is 5.80. The summed E-state index contributed by atoms with van der Waals surface area (Å²) in [6.07, 6.45) is 3.90. The fourth-order valence-corrected chi connectivity index (χ4v) is 5.62. The lowest BCUT2D eigenvalue weighted by Gasteiger charge is -2.40. The molecule has 0 bridgehead atoms. The molecular formula is C23H36N6O4. The fraction of sp³-hybridized carbons (Fsp3) is 0.783. The minimum Gasteiger partial charge on any atom is -0.369 e. The summed E-state index contributed by atoms with van der Waals surface area (Å²) in [6, 6.07) is -0.106. The first-order valence-electron chi connectivity index (χ1n) is 12.1. The topological polar surface area (TPSA) is 126 Å². The summed E-state index contributed by atoms with van der Waals surface area (Å²) in [6.45, 7) is 9.34. The Bertz CT molecular complexity index is 883. The molecule has 3 saturated heterocycles. The summed E-state index contributed by atoms with van der Waals surface area (Å²) in [5, 5.41) is 3.97. The Morgan fingerprint density at radius 2 is 1.79 bits per heavy atom. The van der Waals surface area contributed by atoms with Gasteiger partial charge in [0.1, 0.15) is 0 Å². The van der Waals surface area contributed by atoms with Crippen molar-refractivity contribution in [1.29, 1.82) is 0 Å². The zero-order valence-corrected chi connectivity index (χ0v) is 20.0. The maximum atomic E-state index is 13.1. The Hall–Kier alpha value is -2.49. The number of hydrogen-bond acceptors (Lipinski definition) is 7. The van der Waals surface area contributed by atoms with Crippen molar-refractivity contribution in [3.8, 4) is 0 Å². The van der Waals surface area contributed by atoms with Crippen molar-refractivity contribution < 1.29 is 18.9 Å². The van der Waals surface area contributed by atoms with Gasteiger partial charge in [0.15, 0.2) is 5.82 Å². The number of likely N-dealkylation sites (tertiary alicyclic amines) is 3. The third kappa shape index (κ3) is 5.05. The summed E-state index contributed by atoms with van der Waals surface area (Å²) >= 11 is 0. The number of piperidine rings is 2. The number of carbonyl (C=O) groups excluding carboxylic acids is 3. The first-order valence-corrected chi connectivity index (χ1v) is 12.1. The van der Waals surface area contributed by atoms with Crippen LogP contribution >= 0.6 is 0 Å². The van der Waals surface area contributed by atoms with E-state index in [0.717, 1.165) is 38.9 Å². The van der Waals surface area contributed by atoms with Gasteiger partial charge in [0.05, 0.1) is 12.6 Å². The van der Waals surface area contributed by atoms with E-state index >= 15 is 0 Å². The van der Waals surface area contributed by atoms with Crippen LogP contribution in [0.2, 0.25) is 0 Å². The van der Waals surface area contributed by atoms with Gasteiger partial charge in [0.2, 0.25) is 23.6 Å². The molecule has 0 aliphatic carbocycles. The minimum absolute atomic E-state index is 0.00423. The van der Waals surface area contributed by atoms with Gasteiger partial charge in [-0.1, -0.05) is 19.0 Å². The molecule has 1 aromatic heterocycles. The van der Waals surface area contributed by atoms with Gasteiger partial charge in [-0.05, 0) is 44.4 Å². The smallest absolute Gasteiger partial charge is 0.244 e. The number of carbonyl (C=O) groups is 3. The zero-order chi connectivity index (χ0) is 23.8. The normalized spacial score (nSPS) is 24.1. The van der Waals surface area contributed by atoms with Crippen LogP contribution in [0.3, 0.4) is 0 Å². The lowest BCUT2D eigenvalue weighted by atomic mass is 9.76. The molecule has 3 amide bonds. The van der Waals surface area contributed by atoms with Gasteiger partial charge in [-0.15, -0.1) is 0 Å². The molecular weight excluding hydrogens is 424 g/mol. The molecule has 0 saturated carbocycles. The Labute approximate surface area is 194 Å². The van der Waals surface area contributed by atoms with Gasteiger partial charge < -0.3 is 20.1 Å². The van der Waals surface area contributed by atoms with Crippen LogP contribution in [0.4, 0.5) is 0 Å². The van der Waals surface area contributed by atoms with E-state index in [1.165, 1.54) is 0 Å². The van der Waals surface area contributed by atoms with Crippen molar-refractivity contribution in [3.05, 3.63) is 11.7 Å². The van der Waals surface area contributed by atoms with E-state index < -0.39 is 0 Å². The molecule has 3 fully saturated rings. The molecule has 4 heterocycles. The van der Waals surface area contributed by atoms with E-state index in [0.29, 0.717) is 37.6 Å². The standard InChI is InChI=1S/C23H36N6O4/c1-15(2)22(32)28-10-6-23(7-11-28)12-18(21-25-16(3)26-33-21)29(14-23)13-19(30)27-8-4-17(5-9-27)20(24)31/h15,17-18H,4-14H2,1-3H3,(H2,24,31). The number of nitrogens with zero attached hydrogens (tertiary/aromatic N) is 5. The van der Waals surface area contributed by atoms with E-state index in [-0.39, 0.29) is 47.6 Å². The maximum absolute atomic E-state index is 13.1. The number of rotatable bonds is 5. The van der Waals surface area contributed by atoms with Crippen molar-refractivity contribution in [2.75, 3.05) is 39.3 Å². The highest BCUT2D eigenvalue weighted by Crippen LogP contribution is 2.48. The average molecular weight is 461 g/mol. The summed E-state index contributed by atoms with van der Waals surface area (Å²) < 4.78 is 5.53. The third-order valence-electron chi connectivity index (χ3n) is 7.65. The molecule has 3 aliphatic rings. The number of aromatic nitrogens is 2. The second-order valence-corrected chi connectivity index (χ2v) is 10.3. The SMILES string of the molecule is Cc1noc(C2CC3(CCN(C(=O)C(C)C)CC3)CN2CC(=O)N2CCC(C(N)=O)CC2)n1. The van der Waals surface area contributed by atoms with Gasteiger partial charge in [-0.25, -0.2) is 0 Å². The number of hydrogen-bond donors (Lipinski definition) is 1. The molecule has 33 heavy (non-hydrogen) atoms. The van der Waals surface area contributed by atoms with Gasteiger partial charge in [-0.3, -0.25) is 19.3 Å². The monoisotopic (exact) mass is 460 g/mol. The molecule has 182 valence electrons. The second-order valence-electron chi connectivity index (χ2n) is 10.3. The molecule has 2 N–H and O–H groups in total. The molecule has 1 spiro atoms. The predicted molar refractivity (Wildman–Crippen MR) is 120 cm³/mol. The third-order valence-corrected chi connectivity index (χ3v) is 7.65. The predicted octanol–water partition coefficient (Wildman–Crippen LogP) is 1.11. The van der Waals surface area contributed by atoms with Crippen molar-refractivity contribution in [2.45, 2.75) is 58.9 Å². The Morgan fingerprint density at radius 3 is 2.33 bits per heavy atom. The molecule has 1 aromatic rings. The van der Waals surface area contributed by atoms with Gasteiger partial charge in [-0.2, -0.15) is 4.98 Å². The number of aryl methyl sites for hydroxylation is 1. The van der Waals surface area contributed by atoms with E-state index in [1.807, 2.05) is 23.6 Å². The molecule has 0 radical (unpaired) electrons. The molecule has 1 unspecified atom stereocenters. The highest BCUT2D eigenvalue weighted by atomic mass is 16.5. The quantitative estimate of drug-likeness (QED) is 0.698. The molecule has 0 aromatic carbocycles. The fourth-order valence-electron chi connectivity index (χ4n) is 5.62. The molecule has 10 nitrogen and oxygen atoms in total. The second kappa shape index (κ2) is 9.40. The van der Waals surface area contributed by atoms with Crippen LogP contribution in [-0.2, 0) is 14.4 Å². The maximum Gasteiger partial charge on any atom is 0.244 e. The molecule has 3 aliphatic heterocycles. The first kappa shape index (κ1) is 23.7.